The molecule has 4 nitrogen and oxygen atoms in total. The zero-order chi connectivity index (χ0) is 11.6. The molecule has 0 unspecified atom stereocenters. The number of nitrogens with zero attached hydrogens (tertiary/aromatic N) is 1. The van der Waals surface area contributed by atoms with E-state index in [1.807, 2.05) is 27.7 Å². The number of hydrogen-bond acceptors (Lipinski definition) is 3. The Morgan fingerprint density at radius 3 is 1.94 bits per heavy atom. The van der Waals surface area contributed by atoms with Crippen LogP contribution in [0.4, 0.5) is 0 Å². The quantitative estimate of drug-likeness (QED) is 0.534. The van der Waals surface area contributed by atoms with Crippen molar-refractivity contribution in [2.24, 2.45) is 16.8 Å². The minimum Gasteiger partial charge on any atom is -0.584 e. The Balaban J connectivity index is 0.00000225. The SMILES string of the molecule is CC(C)CC1(CC(C)C)OC([O-])=NC1=O.[Na+]. The summed E-state index contributed by atoms with van der Waals surface area (Å²) in [5.74, 6) is 0.192. The van der Waals surface area contributed by atoms with Crippen molar-refractivity contribution < 1.29 is 44.2 Å². The first-order valence-corrected chi connectivity index (χ1v) is 5.35. The number of rotatable bonds is 4. The van der Waals surface area contributed by atoms with Crippen molar-refractivity contribution in [3.8, 4) is 0 Å². The molecule has 1 amide bonds. The molecule has 5 heteroatoms. The van der Waals surface area contributed by atoms with Gasteiger partial charge in [-0.2, -0.15) is 4.99 Å². The van der Waals surface area contributed by atoms with E-state index in [0.717, 1.165) is 0 Å². The molecule has 0 fully saturated rings. The molecular weight excluding hydrogens is 217 g/mol. The predicted octanol–water partition coefficient (Wildman–Crippen LogP) is -1.91. The second kappa shape index (κ2) is 6.03. The van der Waals surface area contributed by atoms with E-state index in [2.05, 4.69) is 4.99 Å². The van der Waals surface area contributed by atoms with Gasteiger partial charge >= 0.3 is 29.6 Å². The zero-order valence-corrected chi connectivity index (χ0v) is 12.7. The van der Waals surface area contributed by atoms with Crippen LogP contribution in [0.25, 0.3) is 0 Å². The molecule has 0 saturated carbocycles. The third-order valence-corrected chi connectivity index (χ3v) is 2.34. The second-order valence-electron chi connectivity index (χ2n) is 4.98. The molecule has 0 saturated heterocycles. The molecule has 0 atom stereocenters. The van der Waals surface area contributed by atoms with Crippen LogP contribution < -0.4 is 34.7 Å². The number of carbonyl (C=O) groups is 1. The van der Waals surface area contributed by atoms with E-state index in [1.54, 1.807) is 0 Å². The molecule has 1 heterocycles. The van der Waals surface area contributed by atoms with Gasteiger partial charge in [-0.3, -0.25) is 4.79 Å². The van der Waals surface area contributed by atoms with Crippen molar-refractivity contribution in [3.05, 3.63) is 0 Å². The number of carbonyl (C=O) groups excluding carboxylic acids is 1. The van der Waals surface area contributed by atoms with Crippen LogP contribution in [0.3, 0.4) is 0 Å². The maximum atomic E-state index is 11.7. The molecule has 16 heavy (non-hydrogen) atoms. The Morgan fingerprint density at radius 1 is 1.25 bits per heavy atom. The molecule has 1 aliphatic rings. The van der Waals surface area contributed by atoms with E-state index >= 15 is 0 Å². The summed E-state index contributed by atoms with van der Waals surface area (Å²) in [4.78, 5) is 15.0. The summed E-state index contributed by atoms with van der Waals surface area (Å²) < 4.78 is 5.13. The van der Waals surface area contributed by atoms with E-state index in [-0.39, 0.29) is 29.6 Å². The van der Waals surface area contributed by atoms with Gasteiger partial charge in [0.05, 0.1) is 5.60 Å². The molecule has 0 aliphatic carbocycles. The van der Waals surface area contributed by atoms with Crippen LogP contribution in [0.5, 0.6) is 0 Å². The Bertz CT molecular complexity index is 277. The standard InChI is InChI=1S/C11H19NO3.Na/c1-7(2)5-11(6-8(3)4)9(13)12-10(14)15-11;/h7-8H,5-6H2,1-4H3,(H,12,13,14);/q;+1/p-1. The monoisotopic (exact) mass is 235 g/mol. The maximum absolute atomic E-state index is 11.7. The molecule has 0 N–H and O–H groups in total. The number of aliphatic imine (C=N–C) groups is 1. The van der Waals surface area contributed by atoms with E-state index in [1.165, 1.54) is 0 Å². The van der Waals surface area contributed by atoms with E-state index < -0.39 is 17.6 Å². The number of hydrogen-bond donors (Lipinski definition) is 0. The summed E-state index contributed by atoms with van der Waals surface area (Å²) in [7, 11) is 0. The first-order valence-electron chi connectivity index (χ1n) is 5.35. The number of ether oxygens (including phenoxy) is 1. The fourth-order valence-corrected chi connectivity index (χ4v) is 2.08. The molecule has 86 valence electrons. The molecule has 0 radical (unpaired) electrons. The van der Waals surface area contributed by atoms with Crippen LogP contribution in [-0.4, -0.2) is 17.6 Å². The molecule has 1 rings (SSSR count). The zero-order valence-electron chi connectivity index (χ0n) is 10.7. The molecule has 0 spiro atoms. The van der Waals surface area contributed by atoms with E-state index in [0.29, 0.717) is 24.7 Å². The van der Waals surface area contributed by atoms with Crippen molar-refractivity contribution in [2.75, 3.05) is 0 Å². The van der Waals surface area contributed by atoms with Gasteiger partial charge in [-0.1, -0.05) is 27.7 Å². The minimum absolute atomic E-state index is 0. The second-order valence-corrected chi connectivity index (χ2v) is 4.98. The van der Waals surface area contributed by atoms with Gasteiger partial charge in [0, 0.05) is 0 Å². The van der Waals surface area contributed by atoms with Gasteiger partial charge in [-0.25, -0.2) is 0 Å². The fraction of sp³-hybridized carbons (Fsp3) is 0.818. The van der Waals surface area contributed by atoms with Gasteiger partial charge in [0.25, 0.3) is 5.91 Å². The molecular formula is C11H18NNaO3. The first-order chi connectivity index (χ1) is 6.85. The predicted molar refractivity (Wildman–Crippen MR) is 55.2 cm³/mol. The van der Waals surface area contributed by atoms with Gasteiger partial charge in [0.1, 0.15) is 0 Å². The molecule has 0 aromatic rings. The van der Waals surface area contributed by atoms with Crippen molar-refractivity contribution in [1.82, 2.24) is 0 Å². The Morgan fingerprint density at radius 2 is 1.69 bits per heavy atom. The summed E-state index contributed by atoms with van der Waals surface area (Å²) in [6.07, 6.45) is 0.375. The largest absolute Gasteiger partial charge is 1.00 e. The van der Waals surface area contributed by atoms with Crippen LogP contribution in [-0.2, 0) is 9.53 Å². The van der Waals surface area contributed by atoms with Crippen LogP contribution in [0.2, 0.25) is 0 Å². The van der Waals surface area contributed by atoms with Crippen molar-refractivity contribution in [2.45, 2.75) is 46.1 Å². The van der Waals surface area contributed by atoms with E-state index in [9.17, 15) is 9.90 Å². The molecule has 1 aliphatic heterocycles. The molecule has 0 bridgehead atoms. The summed E-state index contributed by atoms with van der Waals surface area (Å²) in [6, 6.07) is 0. The van der Waals surface area contributed by atoms with Crippen molar-refractivity contribution >= 4 is 12.0 Å². The van der Waals surface area contributed by atoms with E-state index in [4.69, 9.17) is 4.74 Å². The van der Waals surface area contributed by atoms with Crippen LogP contribution in [0.1, 0.15) is 40.5 Å². The van der Waals surface area contributed by atoms with Crippen molar-refractivity contribution in [1.29, 1.82) is 0 Å². The van der Waals surface area contributed by atoms with Crippen LogP contribution in [0.15, 0.2) is 4.99 Å². The third kappa shape index (κ3) is 3.75. The minimum atomic E-state index is -0.987. The maximum Gasteiger partial charge on any atom is 1.00 e. The number of amides is 1. The average Bonchev–Trinajstić information content (AvgIpc) is 2.22. The van der Waals surface area contributed by atoms with Gasteiger partial charge in [0.2, 0.25) is 0 Å². The molecule has 0 aromatic heterocycles. The third-order valence-electron chi connectivity index (χ3n) is 2.34. The summed E-state index contributed by atoms with van der Waals surface area (Å²) in [6.45, 7) is 8.01. The Labute approximate surface area is 119 Å². The smallest absolute Gasteiger partial charge is 0.584 e. The van der Waals surface area contributed by atoms with Crippen molar-refractivity contribution in [3.63, 3.8) is 0 Å². The first kappa shape index (κ1) is 15.9. The van der Waals surface area contributed by atoms with Crippen LogP contribution in [0, 0.1) is 11.8 Å². The topological polar surface area (TPSA) is 61.7 Å². The average molecular weight is 235 g/mol. The molecule has 0 aromatic carbocycles. The fourth-order valence-electron chi connectivity index (χ4n) is 2.08. The summed E-state index contributed by atoms with van der Waals surface area (Å²) in [5.41, 5.74) is -0.987. The Hall–Kier alpha value is -0.0600. The summed E-state index contributed by atoms with van der Waals surface area (Å²) in [5, 5.41) is 11.0. The van der Waals surface area contributed by atoms with Gasteiger partial charge in [-0.15, -0.1) is 0 Å². The summed E-state index contributed by atoms with van der Waals surface area (Å²) >= 11 is 0. The Kier molecular flexibility index (Phi) is 6.01. The van der Waals surface area contributed by atoms with Gasteiger partial charge < -0.3 is 9.84 Å². The van der Waals surface area contributed by atoms with Gasteiger partial charge in [-0.05, 0) is 24.7 Å². The van der Waals surface area contributed by atoms with Gasteiger partial charge in [0.15, 0.2) is 6.08 Å². The van der Waals surface area contributed by atoms with Crippen LogP contribution >= 0.6 is 0 Å². The normalized spacial score (nSPS) is 18.4.